The lowest BCUT2D eigenvalue weighted by Gasteiger charge is -2.34. The first-order valence-corrected chi connectivity index (χ1v) is 11.6. The van der Waals surface area contributed by atoms with Gasteiger partial charge in [-0.1, -0.05) is 23.7 Å². The molecular formula is C23H24ClN3O3S. The van der Waals surface area contributed by atoms with Crippen LogP contribution in [0.4, 0.5) is 5.69 Å². The third kappa shape index (κ3) is 5.81. The number of anilines is 1. The lowest BCUT2D eigenvalue weighted by Crippen LogP contribution is -2.50. The maximum absolute atomic E-state index is 12.5. The van der Waals surface area contributed by atoms with Crippen molar-refractivity contribution < 1.29 is 9.21 Å². The SMILES string of the molecule is O=C(CSc1ccc(Cl)cc1)N1CCN(CCNc2cc(=O)oc3ccccc23)CC1. The molecule has 0 saturated carbocycles. The first-order valence-electron chi connectivity index (χ1n) is 10.2. The number of thioether (sulfide) groups is 1. The van der Waals surface area contributed by atoms with Crippen molar-refractivity contribution in [3.63, 3.8) is 0 Å². The highest BCUT2D eigenvalue weighted by Crippen LogP contribution is 2.22. The van der Waals surface area contributed by atoms with Crippen LogP contribution in [-0.2, 0) is 4.79 Å². The normalized spacial score (nSPS) is 14.7. The Hall–Kier alpha value is -2.48. The van der Waals surface area contributed by atoms with Gasteiger partial charge in [0.25, 0.3) is 0 Å². The Morgan fingerprint density at radius 3 is 2.58 bits per heavy atom. The van der Waals surface area contributed by atoms with Gasteiger partial charge in [-0.2, -0.15) is 0 Å². The second-order valence-corrected chi connectivity index (χ2v) is 8.85. The van der Waals surface area contributed by atoms with Crippen LogP contribution in [0.2, 0.25) is 5.02 Å². The highest BCUT2D eigenvalue weighted by atomic mass is 35.5. The second-order valence-electron chi connectivity index (χ2n) is 7.37. The number of carbonyl (C=O) groups is 1. The summed E-state index contributed by atoms with van der Waals surface area (Å²) in [5.74, 6) is 0.604. The van der Waals surface area contributed by atoms with E-state index in [4.69, 9.17) is 16.0 Å². The molecule has 1 saturated heterocycles. The van der Waals surface area contributed by atoms with Gasteiger partial charge in [0.15, 0.2) is 0 Å². The van der Waals surface area contributed by atoms with Gasteiger partial charge >= 0.3 is 5.63 Å². The van der Waals surface area contributed by atoms with Gasteiger partial charge in [-0.05, 0) is 36.4 Å². The van der Waals surface area contributed by atoms with Gasteiger partial charge in [0.05, 0.1) is 11.4 Å². The molecule has 1 amide bonds. The van der Waals surface area contributed by atoms with E-state index in [1.54, 1.807) is 6.07 Å². The lowest BCUT2D eigenvalue weighted by atomic mass is 10.2. The summed E-state index contributed by atoms with van der Waals surface area (Å²) in [6.07, 6.45) is 0. The van der Waals surface area contributed by atoms with E-state index in [1.807, 2.05) is 47.4 Å². The number of piperazine rings is 1. The minimum absolute atomic E-state index is 0.167. The summed E-state index contributed by atoms with van der Waals surface area (Å²) in [4.78, 5) is 29.6. The molecule has 31 heavy (non-hydrogen) atoms. The third-order valence-electron chi connectivity index (χ3n) is 5.29. The van der Waals surface area contributed by atoms with Crippen molar-refractivity contribution >= 4 is 45.9 Å². The van der Waals surface area contributed by atoms with E-state index in [9.17, 15) is 9.59 Å². The number of benzene rings is 2. The quantitative estimate of drug-likeness (QED) is 0.430. The molecule has 1 aromatic heterocycles. The standard InChI is InChI=1S/C23H24ClN3O3S/c24-17-5-7-18(8-6-17)31-16-22(28)27-13-11-26(12-14-27)10-9-25-20-15-23(29)30-21-4-2-1-3-19(20)21/h1-8,15,25H,9-14,16H2. The first-order chi connectivity index (χ1) is 15.1. The molecular weight excluding hydrogens is 434 g/mol. The van der Waals surface area contributed by atoms with Crippen molar-refractivity contribution in [2.45, 2.75) is 4.90 Å². The summed E-state index contributed by atoms with van der Waals surface area (Å²) < 4.78 is 5.24. The molecule has 162 valence electrons. The molecule has 0 radical (unpaired) electrons. The minimum Gasteiger partial charge on any atom is -0.423 e. The molecule has 0 atom stereocenters. The number of carbonyl (C=O) groups excluding carboxylic acids is 1. The Kier molecular flexibility index (Phi) is 7.17. The molecule has 2 heterocycles. The molecule has 1 N–H and O–H groups in total. The van der Waals surface area contributed by atoms with Crippen molar-refractivity contribution in [1.82, 2.24) is 9.80 Å². The lowest BCUT2D eigenvalue weighted by molar-refractivity contribution is -0.130. The van der Waals surface area contributed by atoms with Crippen molar-refractivity contribution in [3.05, 3.63) is 70.0 Å². The number of halogens is 1. The van der Waals surface area contributed by atoms with E-state index in [0.717, 1.165) is 48.7 Å². The maximum atomic E-state index is 12.5. The number of rotatable bonds is 7. The van der Waals surface area contributed by atoms with Crippen molar-refractivity contribution in [2.75, 3.05) is 50.3 Å². The summed E-state index contributed by atoms with van der Waals surface area (Å²) >= 11 is 7.44. The van der Waals surface area contributed by atoms with Gasteiger partial charge in [-0.25, -0.2) is 4.79 Å². The molecule has 6 nitrogen and oxygen atoms in total. The van der Waals surface area contributed by atoms with Gasteiger partial charge in [0.2, 0.25) is 5.91 Å². The molecule has 1 aliphatic heterocycles. The number of hydrogen-bond acceptors (Lipinski definition) is 6. The molecule has 4 rings (SSSR count). The summed E-state index contributed by atoms with van der Waals surface area (Å²) in [5.41, 5.74) is 1.02. The predicted octanol–water partition coefficient (Wildman–Crippen LogP) is 3.79. The number of nitrogens with one attached hydrogen (secondary N) is 1. The molecule has 2 aromatic carbocycles. The van der Waals surface area contributed by atoms with Gasteiger partial charge in [0, 0.05) is 60.6 Å². The first kappa shape index (κ1) is 21.7. The van der Waals surface area contributed by atoms with E-state index in [0.29, 0.717) is 22.9 Å². The number of fused-ring (bicyclic) bond motifs is 1. The van der Waals surface area contributed by atoms with Crippen LogP contribution in [0.15, 0.2) is 68.7 Å². The average Bonchev–Trinajstić information content (AvgIpc) is 2.79. The Balaban J connectivity index is 1.21. The third-order valence-corrected chi connectivity index (χ3v) is 6.54. The Bertz CT molecular complexity index is 1100. The number of amides is 1. The summed E-state index contributed by atoms with van der Waals surface area (Å²) in [6.45, 7) is 4.72. The van der Waals surface area contributed by atoms with E-state index >= 15 is 0 Å². The van der Waals surface area contributed by atoms with Gasteiger partial charge in [-0.15, -0.1) is 11.8 Å². The Morgan fingerprint density at radius 2 is 1.81 bits per heavy atom. The molecule has 0 bridgehead atoms. The van der Waals surface area contributed by atoms with Gasteiger partial charge in [-0.3, -0.25) is 9.69 Å². The van der Waals surface area contributed by atoms with Crippen LogP contribution < -0.4 is 10.9 Å². The Morgan fingerprint density at radius 1 is 1.06 bits per heavy atom. The number of para-hydroxylation sites is 1. The zero-order valence-corrected chi connectivity index (χ0v) is 18.6. The number of nitrogens with zero attached hydrogens (tertiary/aromatic N) is 2. The largest absolute Gasteiger partial charge is 0.423 e. The molecule has 0 aliphatic carbocycles. The molecule has 1 aliphatic rings. The van der Waals surface area contributed by atoms with Gasteiger partial charge < -0.3 is 14.6 Å². The summed E-state index contributed by atoms with van der Waals surface area (Å²) in [7, 11) is 0. The monoisotopic (exact) mass is 457 g/mol. The fraction of sp³-hybridized carbons (Fsp3) is 0.304. The minimum atomic E-state index is -0.357. The maximum Gasteiger partial charge on any atom is 0.338 e. The van der Waals surface area contributed by atoms with E-state index in [1.165, 1.54) is 17.8 Å². The predicted molar refractivity (Wildman–Crippen MR) is 126 cm³/mol. The summed E-state index contributed by atoms with van der Waals surface area (Å²) in [6, 6.07) is 16.6. The molecule has 3 aromatic rings. The van der Waals surface area contributed by atoms with Crippen LogP contribution in [-0.4, -0.2) is 60.7 Å². The fourth-order valence-corrected chi connectivity index (χ4v) is 4.52. The van der Waals surface area contributed by atoms with Gasteiger partial charge in [0.1, 0.15) is 5.58 Å². The molecule has 8 heteroatoms. The topological polar surface area (TPSA) is 65.8 Å². The average molecular weight is 458 g/mol. The molecule has 0 spiro atoms. The number of hydrogen-bond donors (Lipinski definition) is 1. The van der Waals surface area contributed by atoms with Crippen LogP contribution in [0.25, 0.3) is 11.0 Å². The molecule has 1 fully saturated rings. The van der Waals surface area contributed by atoms with Crippen LogP contribution in [0.5, 0.6) is 0 Å². The zero-order chi connectivity index (χ0) is 21.6. The van der Waals surface area contributed by atoms with Crippen molar-refractivity contribution in [1.29, 1.82) is 0 Å². The van der Waals surface area contributed by atoms with Crippen LogP contribution in [0.1, 0.15) is 0 Å². The Labute approximate surface area is 190 Å². The van der Waals surface area contributed by atoms with E-state index in [2.05, 4.69) is 10.2 Å². The van der Waals surface area contributed by atoms with Crippen molar-refractivity contribution in [2.24, 2.45) is 0 Å². The van der Waals surface area contributed by atoms with Crippen molar-refractivity contribution in [3.8, 4) is 0 Å². The smallest absolute Gasteiger partial charge is 0.338 e. The zero-order valence-electron chi connectivity index (χ0n) is 17.1. The highest BCUT2D eigenvalue weighted by Gasteiger charge is 2.20. The van der Waals surface area contributed by atoms with Crippen LogP contribution >= 0.6 is 23.4 Å². The molecule has 0 unspecified atom stereocenters. The highest BCUT2D eigenvalue weighted by molar-refractivity contribution is 8.00. The fourth-order valence-electron chi connectivity index (χ4n) is 3.59. The van der Waals surface area contributed by atoms with Crippen LogP contribution in [0, 0.1) is 0 Å². The second kappa shape index (κ2) is 10.2. The van der Waals surface area contributed by atoms with Crippen LogP contribution in [0.3, 0.4) is 0 Å². The van der Waals surface area contributed by atoms with E-state index in [-0.39, 0.29) is 11.5 Å². The van der Waals surface area contributed by atoms with E-state index < -0.39 is 0 Å². The summed E-state index contributed by atoms with van der Waals surface area (Å²) in [5, 5.41) is 4.96.